The van der Waals surface area contributed by atoms with Gasteiger partial charge in [0, 0.05) is 5.41 Å². The third kappa shape index (κ3) is 1.58. The summed E-state index contributed by atoms with van der Waals surface area (Å²) < 4.78 is 4.73. The summed E-state index contributed by atoms with van der Waals surface area (Å²) in [7, 11) is 1.39. The summed E-state index contributed by atoms with van der Waals surface area (Å²) in [5.74, 6) is -0.292. The molecular formula is C11H14O3S. The zero-order chi connectivity index (χ0) is 10.9. The molecule has 1 fully saturated rings. The molecule has 4 heteroatoms. The van der Waals surface area contributed by atoms with Crippen LogP contribution in [0.3, 0.4) is 0 Å². The monoisotopic (exact) mass is 226 g/mol. The van der Waals surface area contributed by atoms with E-state index in [1.165, 1.54) is 18.4 Å². The number of carbonyl (C=O) groups excluding carboxylic acids is 1. The zero-order valence-corrected chi connectivity index (χ0v) is 9.47. The Balaban J connectivity index is 2.35. The average molecular weight is 226 g/mol. The van der Waals surface area contributed by atoms with Crippen LogP contribution in [0.4, 0.5) is 0 Å². The van der Waals surface area contributed by atoms with Crippen molar-refractivity contribution in [2.75, 3.05) is 13.7 Å². The number of rotatable bonds is 3. The molecule has 1 aliphatic rings. The lowest BCUT2D eigenvalue weighted by molar-refractivity contribution is 0.0595. The van der Waals surface area contributed by atoms with Gasteiger partial charge in [0.1, 0.15) is 4.88 Å². The Labute approximate surface area is 92.7 Å². The minimum absolute atomic E-state index is 0.119. The summed E-state index contributed by atoms with van der Waals surface area (Å²) in [6.07, 6.45) is 3.05. The lowest BCUT2D eigenvalue weighted by Gasteiger charge is -2.40. The van der Waals surface area contributed by atoms with Gasteiger partial charge in [0.2, 0.25) is 0 Å². The molecule has 1 aromatic rings. The minimum atomic E-state index is -0.292. The molecule has 1 aromatic heterocycles. The van der Waals surface area contributed by atoms with Crippen LogP contribution in [-0.4, -0.2) is 24.8 Å². The Kier molecular flexibility index (Phi) is 2.80. The van der Waals surface area contributed by atoms with E-state index >= 15 is 0 Å². The third-order valence-corrected chi connectivity index (χ3v) is 4.12. The van der Waals surface area contributed by atoms with Gasteiger partial charge in [0.05, 0.1) is 13.7 Å². The fourth-order valence-corrected chi connectivity index (χ4v) is 3.03. The minimum Gasteiger partial charge on any atom is -0.465 e. The standard InChI is InChI=1S/C11H14O3S/c1-14-10(13)9-8(3-6-15-9)11(7-12)4-2-5-11/h3,6,12H,2,4-5,7H2,1H3. The number of ether oxygens (including phenoxy) is 1. The Hall–Kier alpha value is -0.870. The molecule has 1 aliphatic carbocycles. The SMILES string of the molecule is COC(=O)c1sccc1C1(CO)CCC1. The topological polar surface area (TPSA) is 46.5 Å². The van der Waals surface area contributed by atoms with E-state index in [-0.39, 0.29) is 18.0 Å². The van der Waals surface area contributed by atoms with Crippen LogP contribution in [0.25, 0.3) is 0 Å². The summed E-state index contributed by atoms with van der Waals surface area (Å²) in [5, 5.41) is 11.3. The third-order valence-electron chi connectivity index (χ3n) is 3.22. The molecule has 1 heterocycles. The number of thiophene rings is 1. The molecule has 0 aromatic carbocycles. The smallest absolute Gasteiger partial charge is 0.348 e. The van der Waals surface area contributed by atoms with Crippen molar-refractivity contribution in [2.24, 2.45) is 0 Å². The highest BCUT2D eigenvalue weighted by Gasteiger charge is 2.41. The maximum absolute atomic E-state index is 11.5. The molecule has 1 saturated carbocycles. The molecule has 0 radical (unpaired) electrons. The number of hydrogen-bond donors (Lipinski definition) is 1. The van der Waals surface area contributed by atoms with E-state index in [4.69, 9.17) is 4.74 Å². The van der Waals surface area contributed by atoms with Crippen LogP contribution in [0.15, 0.2) is 11.4 Å². The van der Waals surface area contributed by atoms with Gasteiger partial charge in [-0.1, -0.05) is 6.42 Å². The van der Waals surface area contributed by atoms with Gasteiger partial charge in [-0.05, 0) is 29.9 Å². The Morgan fingerprint density at radius 3 is 2.87 bits per heavy atom. The van der Waals surface area contributed by atoms with Crippen molar-refractivity contribution >= 4 is 17.3 Å². The van der Waals surface area contributed by atoms with E-state index in [9.17, 15) is 9.90 Å². The van der Waals surface area contributed by atoms with E-state index in [1.54, 1.807) is 0 Å². The molecule has 0 aliphatic heterocycles. The fraction of sp³-hybridized carbons (Fsp3) is 0.545. The maximum atomic E-state index is 11.5. The van der Waals surface area contributed by atoms with Crippen molar-refractivity contribution < 1.29 is 14.6 Å². The zero-order valence-electron chi connectivity index (χ0n) is 8.66. The van der Waals surface area contributed by atoms with Gasteiger partial charge in [-0.25, -0.2) is 4.79 Å². The number of esters is 1. The second-order valence-electron chi connectivity index (χ2n) is 3.95. The molecule has 0 saturated heterocycles. The van der Waals surface area contributed by atoms with Crippen LogP contribution in [0.5, 0.6) is 0 Å². The van der Waals surface area contributed by atoms with E-state index < -0.39 is 0 Å². The molecule has 1 N–H and O–H groups in total. The normalized spacial score (nSPS) is 18.3. The molecule has 2 rings (SSSR count). The van der Waals surface area contributed by atoms with Crippen LogP contribution in [0, 0.1) is 0 Å². The first kappa shape index (κ1) is 10.6. The first-order valence-electron chi connectivity index (χ1n) is 5.01. The van der Waals surface area contributed by atoms with Crippen LogP contribution < -0.4 is 0 Å². The first-order valence-corrected chi connectivity index (χ1v) is 5.88. The highest BCUT2D eigenvalue weighted by Crippen LogP contribution is 2.45. The van der Waals surface area contributed by atoms with E-state index in [2.05, 4.69) is 0 Å². The lowest BCUT2D eigenvalue weighted by atomic mass is 9.65. The summed E-state index contributed by atoms with van der Waals surface area (Å²) in [6, 6.07) is 1.94. The van der Waals surface area contributed by atoms with Gasteiger partial charge in [0.15, 0.2) is 0 Å². The molecule has 0 unspecified atom stereocenters. The van der Waals surface area contributed by atoms with Crippen molar-refractivity contribution in [1.29, 1.82) is 0 Å². The molecule has 15 heavy (non-hydrogen) atoms. The van der Waals surface area contributed by atoms with Crippen LogP contribution in [0.2, 0.25) is 0 Å². The van der Waals surface area contributed by atoms with Crippen molar-refractivity contribution in [3.63, 3.8) is 0 Å². The molecule has 0 spiro atoms. The Bertz CT molecular complexity index is 360. The van der Waals surface area contributed by atoms with Crippen LogP contribution in [0.1, 0.15) is 34.5 Å². The second kappa shape index (κ2) is 3.94. The second-order valence-corrected chi connectivity index (χ2v) is 4.86. The first-order chi connectivity index (χ1) is 7.23. The fourth-order valence-electron chi connectivity index (χ4n) is 2.09. The Morgan fingerprint density at radius 1 is 1.67 bits per heavy atom. The quantitative estimate of drug-likeness (QED) is 0.801. The van der Waals surface area contributed by atoms with E-state index in [0.717, 1.165) is 24.8 Å². The molecule has 3 nitrogen and oxygen atoms in total. The number of carbonyl (C=O) groups is 1. The molecule has 0 amide bonds. The van der Waals surface area contributed by atoms with Crippen molar-refractivity contribution in [1.82, 2.24) is 0 Å². The molecular weight excluding hydrogens is 212 g/mol. The number of aliphatic hydroxyl groups is 1. The van der Waals surface area contributed by atoms with Crippen molar-refractivity contribution in [3.05, 3.63) is 21.9 Å². The molecule has 82 valence electrons. The van der Waals surface area contributed by atoms with Gasteiger partial charge in [-0.15, -0.1) is 11.3 Å². The predicted molar refractivity (Wildman–Crippen MR) is 58.3 cm³/mol. The van der Waals surface area contributed by atoms with Gasteiger partial charge in [0.25, 0.3) is 0 Å². The summed E-state index contributed by atoms with van der Waals surface area (Å²) in [6.45, 7) is 0.119. The summed E-state index contributed by atoms with van der Waals surface area (Å²) in [5.41, 5.74) is 0.789. The maximum Gasteiger partial charge on any atom is 0.348 e. The Morgan fingerprint density at radius 2 is 2.40 bits per heavy atom. The van der Waals surface area contributed by atoms with E-state index in [1.807, 2.05) is 11.4 Å². The number of aliphatic hydroxyl groups excluding tert-OH is 1. The van der Waals surface area contributed by atoms with Gasteiger partial charge >= 0.3 is 5.97 Å². The summed E-state index contributed by atoms with van der Waals surface area (Å²) in [4.78, 5) is 12.1. The molecule has 0 bridgehead atoms. The van der Waals surface area contributed by atoms with Crippen LogP contribution >= 0.6 is 11.3 Å². The van der Waals surface area contributed by atoms with Gasteiger partial charge < -0.3 is 9.84 Å². The lowest BCUT2D eigenvalue weighted by Crippen LogP contribution is -2.38. The largest absolute Gasteiger partial charge is 0.465 e. The van der Waals surface area contributed by atoms with Crippen molar-refractivity contribution in [3.8, 4) is 0 Å². The van der Waals surface area contributed by atoms with Gasteiger partial charge in [-0.2, -0.15) is 0 Å². The van der Waals surface area contributed by atoms with E-state index in [0.29, 0.717) is 4.88 Å². The van der Waals surface area contributed by atoms with Crippen molar-refractivity contribution in [2.45, 2.75) is 24.7 Å². The average Bonchev–Trinajstić information content (AvgIpc) is 2.65. The predicted octanol–water partition coefficient (Wildman–Crippen LogP) is 1.95. The van der Waals surface area contributed by atoms with Gasteiger partial charge in [-0.3, -0.25) is 0 Å². The number of methoxy groups -OCH3 is 1. The van der Waals surface area contributed by atoms with Crippen LogP contribution in [-0.2, 0) is 10.2 Å². The molecule has 0 atom stereocenters. The highest BCUT2D eigenvalue weighted by atomic mass is 32.1. The highest BCUT2D eigenvalue weighted by molar-refractivity contribution is 7.12. The number of hydrogen-bond acceptors (Lipinski definition) is 4. The summed E-state index contributed by atoms with van der Waals surface area (Å²) >= 11 is 1.39.